The maximum Gasteiger partial charge on any atom is 0.259 e. The summed E-state index contributed by atoms with van der Waals surface area (Å²) in [4.78, 5) is 21.2. The van der Waals surface area contributed by atoms with Crippen molar-refractivity contribution in [3.05, 3.63) is 36.5 Å². The number of thioether (sulfide) groups is 1. The molecule has 1 amide bonds. The van der Waals surface area contributed by atoms with Crippen molar-refractivity contribution in [2.45, 2.75) is 23.8 Å². The van der Waals surface area contributed by atoms with Gasteiger partial charge in [0.25, 0.3) is 5.22 Å². The predicted octanol–water partition coefficient (Wildman–Crippen LogP) is 3.75. The van der Waals surface area contributed by atoms with Crippen LogP contribution in [0, 0.1) is 0 Å². The summed E-state index contributed by atoms with van der Waals surface area (Å²) >= 11 is 1.26. The van der Waals surface area contributed by atoms with Crippen LogP contribution >= 0.6 is 11.8 Å². The zero-order valence-corrected chi connectivity index (χ0v) is 15.5. The smallest absolute Gasteiger partial charge is 0.259 e. The van der Waals surface area contributed by atoms with Crippen molar-refractivity contribution in [1.82, 2.24) is 9.97 Å². The van der Waals surface area contributed by atoms with E-state index in [9.17, 15) is 4.79 Å². The van der Waals surface area contributed by atoms with E-state index < -0.39 is 0 Å². The molecule has 0 bridgehead atoms. The van der Waals surface area contributed by atoms with E-state index in [-0.39, 0.29) is 11.2 Å². The Bertz CT molecular complexity index is 879. The quantitative estimate of drug-likeness (QED) is 0.631. The number of amides is 1. The monoisotopic (exact) mass is 373 g/mol. The fourth-order valence-corrected chi connectivity index (χ4v) is 3.22. The molecule has 2 heterocycles. The van der Waals surface area contributed by atoms with Gasteiger partial charge >= 0.3 is 0 Å². The third-order valence-corrected chi connectivity index (χ3v) is 4.92. The zero-order chi connectivity index (χ0) is 18.5. The predicted molar refractivity (Wildman–Crippen MR) is 99.9 cm³/mol. The van der Waals surface area contributed by atoms with Crippen LogP contribution in [-0.2, 0) is 4.79 Å². The molecule has 0 fully saturated rings. The molecule has 1 N–H and O–H groups in total. The highest BCUT2D eigenvalue weighted by atomic mass is 32.2. The van der Waals surface area contributed by atoms with Crippen molar-refractivity contribution in [1.29, 1.82) is 0 Å². The van der Waals surface area contributed by atoms with Crippen molar-refractivity contribution in [3.63, 3.8) is 0 Å². The molecule has 1 aromatic carbocycles. The third-order valence-electron chi connectivity index (χ3n) is 3.72. The van der Waals surface area contributed by atoms with Crippen LogP contribution in [0.3, 0.4) is 0 Å². The molecule has 2 aromatic heterocycles. The molecule has 0 aliphatic carbocycles. The van der Waals surface area contributed by atoms with Crippen LogP contribution in [-0.4, -0.2) is 35.3 Å². The number of fused-ring (bicyclic) bond motifs is 1. The highest BCUT2D eigenvalue weighted by molar-refractivity contribution is 8.00. The van der Waals surface area contributed by atoms with Gasteiger partial charge in [-0.3, -0.25) is 4.79 Å². The summed E-state index contributed by atoms with van der Waals surface area (Å²) in [6.07, 6.45) is 2.26. The Kier molecular flexibility index (Phi) is 5.62. The number of ether oxygens (including phenoxy) is 2. The summed E-state index contributed by atoms with van der Waals surface area (Å²) in [7, 11) is 3.12. The lowest BCUT2D eigenvalue weighted by atomic mass is 10.2. The van der Waals surface area contributed by atoms with Crippen molar-refractivity contribution in [2.24, 2.45) is 0 Å². The van der Waals surface area contributed by atoms with Crippen molar-refractivity contribution in [3.8, 4) is 11.5 Å². The Hall–Kier alpha value is -2.74. The lowest BCUT2D eigenvalue weighted by molar-refractivity contribution is -0.115. The standard InChI is InChI=1S/C18H19N3O4S/c1-4-15(26-18-21-16-14(25-18)6-5-9-19-16)17(22)20-12-10-11(23-2)7-8-13(12)24-3/h5-10,15H,4H2,1-3H3,(H,20,22). The number of hydrogen-bond donors (Lipinski definition) is 1. The first kappa shape index (κ1) is 18.1. The number of anilines is 1. The minimum atomic E-state index is -0.376. The van der Waals surface area contributed by atoms with Crippen molar-refractivity contribution in [2.75, 3.05) is 19.5 Å². The SMILES string of the molecule is CCC(Sc1nc2ncccc2o1)C(=O)Nc1cc(OC)ccc1OC. The van der Waals surface area contributed by atoms with Gasteiger partial charge in [-0.15, -0.1) is 0 Å². The number of benzene rings is 1. The Morgan fingerprint density at radius 1 is 1.31 bits per heavy atom. The van der Waals surface area contributed by atoms with E-state index in [1.807, 2.05) is 6.92 Å². The van der Waals surface area contributed by atoms with Gasteiger partial charge in [0.15, 0.2) is 11.2 Å². The van der Waals surface area contributed by atoms with E-state index in [1.165, 1.54) is 11.8 Å². The molecule has 3 rings (SSSR count). The molecule has 0 spiro atoms. The first-order valence-electron chi connectivity index (χ1n) is 8.05. The summed E-state index contributed by atoms with van der Waals surface area (Å²) in [5.41, 5.74) is 1.68. The molecule has 8 heteroatoms. The topological polar surface area (TPSA) is 86.5 Å². The number of nitrogens with one attached hydrogen (secondary N) is 1. The van der Waals surface area contributed by atoms with E-state index in [4.69, 9.17) is 13.9 Å². The molecular weight excluding hydrogens is 354 g/mol. The molecule has 26 heavy (non-hydrogen) atoms. The van der Waals surface area contributed by atoms with E-state index >= 15 is 0 Å². The molecule has 136 valence electrons. The molecule has 0 saturated carbocycles. The fourth-order valence-electron chi connectivity index (χ4n) is 2.37. The molecule has 0 saturated heterocycles. The van der Waals surface area contributed by atoms with Gasteiger partial charge < -0.3 is 19.2 Å². The van der Waals surface area contributed by atoms with E-state index in [0.29, 0.717) is 40.1 Å². The number of rotatable bonds is 7. The third kappa shape index (κ3) is 3.91. The fraction of sp³-hybridized carbons (Fsp3) is 0.278. The normalized spacial score (nSPS) is 12.0. The average Bonchev–Trinajstić information content (AvgIpc) is 3.08. The number of oxazole rings is 1. The Morgan fingerprint density at radius 3 is 2.85 bits per heavy atom. The van der Waals surface area contributed by atoms with Gasteiger partial charge in [-0.2, -0.15) is 4.98 Å². The van der Waals surface area contributed by atoms with Crippen molar-refractivity contribution >= 4 is 34.6 Å². The second-order valence-corrected chi connectivity index (χ2v) is 6.53. The first-order valence-corrected chi connectivity index (χ1v) is 8.93. The van der Waals surface area contributed by atoms with Crippen LogP contribution in [0.15, 0.2) is 46.2 Å². The number of pyridine rings is 1. The maximum absolute atomic E-state index is 12.7. The molecular formula is C18H19N3O4S. The number of methoxy groups -OCH3 is 2. The second kappa shape index (κ2) is 8.09. The minimum absolute atomic E-state index is 0.167. The lowest BCUT2D eigenvalue weighted by Gasteiger charge is -2.15. The van der Waals surface area contributed by atoms with Crippen LogP contribution in [0.4, 0.5) is 5.69 Å². The van der Waals surface area contributed by atoms with E-state index in [1.54, 1.807) is 50.7 Å². The van der Waals surface area contributed by atoms with Crippen LogP contribution in [0.25, 0.3) is 11.2 Å². The Labute approximate surface area is 155 Å². The molecule has 3 aromatic rings. The molecule has 0 aliphatic rings. The van der Waals surface area contributed by atoms with Crippen molar-refractivity contribution < 1.29 is 18.7 Å². The zero-order valence-electron chi connectivity index (χ0n) is 14.7. The van der Waals surface area contributed by atoms with Crippen LogP contribution < -0.4 is 14.8 Å². The Morgan fingerprint density at radius 2 is 2.15 bits per heavy atom. The average molecular weight is 373 g/mol. The van der Waals surface area contributed by atoms with Gasteiger partial charge in [-0.1, -0.05) is 18.7 Å². The lowest BCUT2D eigenvalue weighted by Crippen LogP contribution is -2.24. The maximum atomic E-state index is 12.7. The molecule has 1 atom stereocenters. The van der Waals surface area contributed by atoms with Gasteiger partial charge in [-0.05, 0) is 30.7 Å². The number of carbonyl (C=O) groups excluding carboxylic acids is 1. The number of nitrogens with zero attached hydrogens (tertiary/aromatic N) is 2. The van der Waals surface area contributed by atoms with Gasteiger partial charge in [-0.25, -0.2) is 4.98 Å². The largest absolute Gasteiger partial charge is 0.497 e. The summed E-state index contributed by atoms with van der Waals surface area (Å²) in [5.74, 6) is 1.02. The summed E-state index contributed by atoms with van der Waals surface area (Å²) < 4.78 is 16.2. The molecule has 0 radical (unpaired) electrons. The minimum Gasteiger partial charge on any atom is -0.497 e. The summed E-state index contributed by atoms with van der Waals surface area (Å²) in [6, 6.07) is 8.81. The van der Waals surface area contributed by atoms with Crippen LogP contribution in [0.5, 0.6) is 11.5 Å². The van der Waals surface area contributed by atoms with Gasteiger partial charge in [0, 0.05) is 12.3 Å². The van der Waals surface area contributed by atoms with Gasteiger partial charge in [0.1, 0.15) is 11.5 Å². The number of hydrogen-bond acceptors (Lipinski definition) is 7. The first-order chi connectivity index (χ1) is 12.6. The van der Waals surface area contributed by atoms with E-state index in [0.717, 1.165) is 0 Å². The summed E-state index contributed by atoms with van der Waals surface area (Å²) in [5, 5.41) is 2.93. The number of carbonyl (C=O) groups is 1. The number of aromatic nitrogens is 2. The second-order valence-electron chi connectivity index (χ2n) is 5.38. The van der Waals surface area contributed by atoms with Gasteiger partial charge in [0.05, 0.1) is 25.2 Å². The Balaban J connectivity index is 1.76. The van der Waals surface area contributed by atoms with Gasteiger partial charge in [0.2, 0.25) is 5.91 Å². The van der Waals surface area contributed by atoms with E-state index in [2.05, 4.69) is 15.3 Å². The molecule has 7 nitrogen and oxygen atoms in total. The molecule has 0 aliphatic heterocycles. The molecule has 1 unspecified atom stereocenters. The summed E-state index contributed by atoms with van der Waals surface area (Å²) in [6.45, 7) is 1.93. The van der Waals surface area contributed by atoms with Crippen LogP contribution in [0.1, 0.15) is 13.3 Å². The highest BCUT2D eigenvalue weighted by Crippen LogP contribution is 2.32. The van der Waals surface area contributed by atoms with Crippen LogP contribution in [0.2, 0.25) is 0 Å². The highest BCUT2D eigenvalue weighted by Gasteiger charge is 2.22.